The molecule has 0 radical (unpaired) electrons. The molecule has 38 heavy (non-hydrogen) atoms. The number of halogens is 8. The summed E-state index contributed by atoms with van der Waals surface area (Å²) in [6, 6.07) is 13.7. The smallest absolute Gasteiger partial charge is 0.398 e. The van der Waals surface area contributed by atoms with Gasteiger partial charge in [0.05, 0.1) is 11.1 Å². The van der Waals surface area contributed by atoms with Gasteiger partial charge in [-0.05, 0) is 71.8 Å². The quantitative estimate of drug-likeness (QED) is 0.147. The van der Waals surface area contributed by atoms with Crippen molar-refractivity contribution in [2.45, 2.75) is 12.4 Å². The van der Waals surface area contributed by atoms with Gasteiger partial charge in [-0.2, -0.15) is 26.3 Å². The fourth-order valence-corrected chi connectivity index (χ4v) is 4.33. The number of rotatable bonds is 4. The molecule has 11 heteroatoms. The monoisotopic (exact) mass is 568 g/mol. The van der Waals surface area contributed by atoms with Crippen LogP contribution < -0.4 is 11.5 Å². The van der Waals surface area contributed by atoms with E-state index in [1.807, 2.05) is 0 Å². The Balaban J connectivity index is 1.88. The number of alkyl halides is 6. The van der Waals surface area contributed by atoms with Crippen LogP contribution in [0.3, 0.4) is 0 Å². The molecule has 3 nitrogen and oxygen atoms in total. The number of anilines is 2. The molecule has 0 saturated carbocycles. The van der Waals surface area contributed by atoms with Gasteiger partial charge in [-0.1, -0.05) is 35.3 Å². The Morgan fingerprint density at radius 1 is 0.579 bits per heavy atom. The highest BCUT2D eigenvalue weighted by molar-refractivity contribution is 6.31. The Morgan fingerprint density at radius 3 is 1.29 bits per heavy atom. The molecule has 0 aliphatic heterocycles. The highest BCUT2D eigenvalue weighted by Gasteiger charge is 2.39. The highest BCUT2D eigenvalue weighted by Crippen LogP contribution is 2.41. The first-order chi connectivity index (χ1) is 17.7. The molecule has 4 rings (SSSR count). The van der Waals surface area contributed by atoms with Gasteiger partial charge >= 0.3 is 12.4 Å². The number of ketones is 1. The number of hydrogen-bond donors (Lipinski definition) is 2. The van der Waals surface area contributed by atoms with Crippen molar-refractivity contribution >= 4 is 40.4 Å². The zero-order valence-electron chi connectivity index (χ0n) is 19.0. The Hall–Kier alpha value is -3.69. The van der Waals surface area contributed by atoms with Crippen LogP contribution in [0.15, 0.2) is 72.8 Å². The predicted octanol–water partition coefficient (Wildman–Crippen LogP) is 8.76. The topological polar surface area (TPSA) is 69.1 Å². The molecule has 196 valence electrons. The Kier molecular flexibility index (Phi) is 7.11. The van der Waals surface area contributed by atoms with Crippen LogP contribution >= 0.6 is 23.2 Å². The number of nitrogens with two attached hydrogens (primary N) is 2. The number of nitrogen functional groups attached to an aromatic ring is 2. The Labute approximate surface area is 222 Å². The largest absolute Gasteiger partial charge is 0.417 e. The van der Waals surface area contributed by atoms with E-state index in [1.165, 1.54) is 48.5 Å². The fourth-order valence-electron chi connectivity index (χ4n) is 3.99. The van der Waals surface area contributed by atoms with Gasteiger partial charge < -0.3 is 11.5 Å². The summed E-state index contributed by atoms with van der Waals surface area (Å²) >= 11 is 11.9. The maximum atomic E-state index is 14.0. The molecule has 0 aromatic heterocycles. The van der Waals surface area contributed by atoms with Crippen LogP contribution in [0.1, 0.15) is 27.0 Å². The van der Waals surface area contributed by atoms with Gasteiger partial charge in [0.25, 0.3) is 0 Å². The number of carbonyl (C=O) groups is 1. The third-order valence-electron chi connectivity index (χ3n) is 5.79. The van der Waals surface area contributed by atoms with Crippen LogP contribution in [0.25, 0.3) is 22.3 Å². The molecule has 0 heterocycles. The first-order valence-corrected chi connectivity index (χ1v) is 11.5. The van der Waals surface area contributed by atoms with Crippen LogP contribution in [0.2, 0.25) is 10.0 Å². The van der Waals surface area contributed by atoms with Gasteiger partial charge in [-0.25, -0.2) is 0 Å². The van der Waals surface area contributed by atoms with Gasteiger partial charge in [-0.3, -0.25) is 4.79 Å². The summed E-state index contributed by atoms with van der Waals surface area (Å²) in [6.07, 6.45) is -10.1. The third kappa shape index (κ3) is 5.44. The van der Waals surface area contributed by atoms with Gasteiger partial charge in [0.2, 0.25) is 0 Å². The zero-order valence-corrected chi connectivity index (χ0v) is 20.5. The van der Waals surface area contributed by atoms with Crippen LogP contribution in [0.4, 0.5) is 37.7 Å². The molecular formula is C27H16Cl2F6N2O. The molecular weight excluding hydrogens is 553 g/mol. The number of benzene rings is 4. The third-order valence-corrected chi connectivity index (χ3v) is 6.26. The standard InChI is InChI=1S/C27H16Cl2F6N2O/c28-15-3-7-23(36)19(11-15)13-1-5-17(21(9-13)26(30,31)32)25(38)18-6-2-14(10-22(18)27(33,34)35)20-12-16(29)4-8-24(20)37/h1-12H,36-37H2. The second-order valence-electron chi connectivity index (χ2n) is 8.31. The molecule has 0 aliphatic carbocycles. The van der Waals surface area contributed by atoms with E-state index in [-0.39, 0.29) is 43.7 Å². The summed E-state index contributed by atoms with van der Waals surface area (Å²) in [5, 5.41) is 0.413. The molecule has 4 aromatic rings. The van der Waals surface area contributed by atoms with Crippen LogP contribution in [-0.2, 0) is 12.4 Å². The van der Waals surface area contributed by atoms with Gasteiger partial charge in [-0.15, -0.1) is 0 Å². The molecule has 0 atom stereocenters. The van der Waals surface area contributed by atoms with Gasteiger partial charge in [0.1, 0.15) is 0 Å². The van der Waals surface area contributed by atoms with Crippen LogP contribution in [0, 0.1) is 0 Å². The van der Waals surface area contributed by atoms with Crippen molar-refractivity contribution in [1.82, 2.24) is 0 Å². The van der Waals surface area contributed by atoms with E-state index in [1.54, 1.807) is 0 Å². The number of carbonyl (C=O) groups excluding carboxylic acids is 1. The van der Waals surface area contributed by atoms with Crippen molar-refractivity contribution in [2.75, 3.05) is 11.5 Å². The lowest BCUT2D eigenvalue weighted by atomic mass is 9.90. The summed E-state index contributed by atoms with van der Waals surface area (Å²) in [5.74, 6) is -1.46. The summed E-state index contributed by atoms with van der Waals surface area (Å²) in [6.45, 7) is 0. The second-order valence-corrected chi connectivity index (χ2v) is 9.18. The molecule has 0 bridgehead atoms. The average molecular weight is 569 g/mol. The minimum atomic E-state index is -5.07. The molecule has 4 N–H and O–H groups in total. The van der Waals surface area contributed by atoms with Crippen molar-refractivity contribution in [3.63, 3.8) is 0 Å². The van der Waals surface area contributed by atoms with Gasteiger partial charge in [0, 0.05) is 43.7 Å². The van der Waals surface area contributed by atoms with Gasteiger partial charge in [0.15, 0.2) is 5.78 Å². The van der Waals surface area contributed by atoms with Crippen molar-refractivity contribution in [3.8, 4) is 22.3 Å². The van der Waals surface area contributed by atoms with E-state index in [0.717, 1.165) is 12.1 Å². The first-order valence-electron chi connectivity index (χ1n) is 10.7. The average Bonchev–Trinajstić information content (AvgIpc) is 2.85. The molecule has 4 aromatic carbocycles. The van der Waals surface area contributed by atoms with Crippen LogP contribution in [-0.4, -0.2) is 5.78 Å². The maximum absolute atomic E-state index is 14.0. The van der Waals surface area contributed by atoms with Crippen molar-refractivity contribution in [3.05, 3.63) is 105 Å². The molecule has 0 fully saturated rings. The van der Waals surface area contributed by atoms with Crippen LogP contribution in [0.5, 0.6) is 0 Å². The van der Waals surface area contributed by atoms with E-state index in [9.17, 15) is 31.1 Å². The minimum Gasteiger partial charge on any atom is -0.398 e. The normalized spacial score (nSPS) is 12.0. The van der Waals surface area contributed by atoms with E-state index < -0.39 is 40.4 Å². The lowest BCUT2D eigenvalue weighted by Gasteiger charge is -2.18. The van der Waals surface area contributed by atoms with E-state index >= 15 is 0 Å². The SMILES string of the molecule is Nc1ccc(Cl)cc1-c1ccc(C(=O)c2ccc(-c3cc(Cl)ccc3N)cc2C(F)(F)F)c(C(F)(F)F)c1. The summed E-state index contributed by atoms with van der Waals surface area (Å²) in [4.78, 5) is 13.2. The minimum absolute atomic E-state index is 0.0169. The fraction of sp³-hybridized carbons (Fsp3) is 0.0741. The van der Waals surface area contributed by atoms with Crippen molar-refractivity contribution in [2.24, 2.45) is 0 Å². The number of hydrogen-bond acceptors (Lipinski definition) is 3. The summed E-state index contributed by atoms with van der Waals surface area (Å²) < 4.78 is 84.3. The summed E-state index contributed by atoms with van der Waals surface area (Å²) in [7, 11) is 0. The maximum Gasteiger partial charge on any atom is 0.417 e. The Bertz CT molecular complexity index is 1450. The Morgan fingerprint density at radius 2 is 0.947 bits per heavy atom. The zero-order chi connectivity index (χ0) is 28.0. The summed E-state index contributed by atoms with van der Waals surface area (Å²) in [5.41, 5.74) is 7.53. The van der Waals surface area contributed by atoms with Crippen molar-refractivity contribution < 1.29 is 31.1 Å². The lowest BCUT2D eigenvalue weighted by Crippen LogP contribution is -2.18. The lowest BCUT2D eigenvalue weighted by molar-refractivity contribution is -0.138. The van der Waals surface area contributed by atoms with E-state index in [0.29, 0.717) is 12.1 Å². The molecule has 0 amide bonds. The first kappa shape index (κ1) is 27.3. The van der Waals surface area contributed by atoms with Crippen molar-refractivity contribution in [1.29, 1.82) is 0 Å². The second kappa shape index (κ2) is 9.89. The highest BCUT2D eigenvalue weighted by atomic mass is 35.5. The van der Waals surface area contributed by atoms with E-state index in [2.05, 4.69) is 0 Å². The molecule has 0 unspecified atom stereocenters. The molecule has 0 saturated heterocycles. The van der Waals surface area contributed by atoms with E-state index in [4.69, 9.17) is 34.7 Å². The molecule has 0 spiro atoms. The molecule has 0 aliphatic rings. The predicted molar refractivity (Wildman–Crippen MR) is 136 cm³/mol.